The van der Waals surface area contributed by atoms with Crippen molar-refractivity contribution < 1.29 is 17.9 Å². The van der Waals surface area contributed by atoms with Crippen LogP contribution in [-0.2, 0) is 10.9 Å². The first-order chi connectivity index (χ1) is 9.95. The Balaban J connectivity index is 2.04. The number of nitrogens with one attached hydrogen (secondary N) is 1. The van der Waals surface area contributed by atoms with Crippen LogP contribution in [0.25, 0.3) is 0 Å². The number of hydrogen-bond donors (Lipinski definition) is 1. The highest BCUT2D eigenvalue weighted by atomic mass is 32.2. The minimum atomic E-state index is -4.45. The Bertz CT molecular complexity index is 459. The molecule has 0 saturated carbocycles. The molecular weight excluding hydrogens is 303 g/mol. The quantitative estimate of drug-likeness (QED) is 0.902. The maximum Gasteiger partial charge on any atom is 0.433 e. The second-order valence-corrected chi connectivity index (χ2v) is 6.58. The van der Waals surface area contributed by atoms with Crippen molar-refractivity contribution in [3.8, 4) is 0 Å². The number of ether oxygens (including phenoxy) is 1. The van der Waals surface area contributed by atoms with Crippen LogP contribution in [0.15, 0.2) is 12.3 Å². The van der Waals surface area contributed by atoms with E-state index in [1.54, 1.807) is 0 Å². The van der Waals surface area contributed by atoms with E-state index in [0.29, 0.717) is 19.8 Å². The van der Waals surface area contributed by atoms with Gasteiger partial charge in [0.1, 0.15) is 5.69 Å². The molecule has 1 aromatic heterocycles. The van der Waals surface area contributed by atoms with Crippen molar-refractivity contribution in [3.63, 3.8) is 0 Å². The van der Waals surface area contributed by atoms with Gasteiger partial charge in [-0.25, -0.2) is 9.97 Å². The molecule has 1 aliphatic rings. The lowest BCUT2D eigenvalue weighted by Gasteiger charge is -2.36. The minimum Gasteiger partial charge on any atom is -0.381 e. The molecule has 0 aromatic carbocycles. The zero-order valence-corrected chi connectivity index (χ0v) is 12.6. The summed E-state index contributed by atoms with van der Waals surface area (Å²) in [5.74, 6) is 0.970. The van der Waals surface area contributed by atoms with Gasteiger partial charge in [-0.1, -0.05) is 6.92 Å². The fraction of sp³-hybridized carbons (Fsp3) is 0.692. The van der Waals surface area contributed by atoms with Crippen LogP contribution >= 0.6 is 11.8 Å². The van der Waals surface area contributed by atoms with E-state index in [2.05, 4.69) is 22.2 Å². The molecule has 0 bridgehead atoms. The molecule has 0 spiro atoms. The maximum absolute atomic E-state index is 12.6. The second kappa shape index (κ2) is 6.83. The van der Waals surface area contributed by atoms with Gasteiger partial charge in [0, 0.05) is 30.7 Å². The number of alkyl halides is 3. The van der Waals surface area contributed by atoms with E-state index >= 15 is 0 Å². The van der Waals surface area contributed by atoms with Gasteiger partial charge in [0.15, 0.2) is 0 Å². The van der Waals surface area contributed by atoms with Gasteiger partial charge in [0.2, 0.25) is 5.95 Å². The Labute approximate surface area is 125 Å². The monoisotopic (exact) mass is 321 g/mol. The molecule has 2 rings (SSSR count). The number of thioether (sulfide) groups is 1. The van der Waals surface area contributed by atoms with Crippen molar-refractivity contribution >= 4 is 17.7 Å². The fourth-order valence-corrected chi connectivity index (χ4v) is 3.51. The molecule has 4 nitrogen and oxygen atoms in total. The number of aromatic nitrogens is 2. The third-order valence-corrected chi connectivity index (χ3v) is 4.82. The van der Waals surface area contributed by atoms with Gasteiger partial charge in [-0.3, -0.25) is 0 Å². The summed E-state index contributed by atoms with van der Waals surface area (Å²) in [6.07, 6.45) is -1.58. The zero-order valence-electron chi connectivity index (χ0n) is 11.7. The fourth-order valence-electron chi connectivity index (χ4n) is 2.26. The minimum absolute atomic E-state index is 0.0207. The predicted octanol–water partition coefficient (Wildman–Crippen LogP) is 3.21. The Morgan fingerprint density at radius 3 is 2.71 bits per heavy atom. The van der Waals surface area contributed by atoms with Crippen LogP contribution in [0.3, 0.4) is 0 Å². The predicted molar refractivity (Wildman–Crippen MR) is 76.4 cm³/mol. The molecule has 8 heteroatoms. The first-order valence-corrected chi connectivity index (χ1v) is 7.80. The van der Waals surface area contributed by atoms with Crippen molar-refractivity contribution in [2.24, 2.45) is 0 Å². The largest absolute Gasteiger partial charge is 0.433 e. The standard InChI is InChI=1S/C13H18F3N3OS/c1-2-21-12(4-7-20-8-5-12)9-18-11-17-6-3-10(19-11)13(14,15)16/h3,6H,2,4-5,7-9H2,1H3,(H,17,18,19). The molecule has 21 heavy (non-hydrogen) atoms. The molecule has 118 valence electrons. The Kier molecular flexibility index (Phi) is 5.32. The van der Waals surface area contributed by atoms with E-state index in [9.17, 15) is 13.2 Å². The Morgan fingerprint density at radius 1 is 1.38 bits per heavy atom. The van der Waals surface area contributed by atoms with Gasteiger partial charge < -0.3 is 10.1 Å². The zero-order chi connectivity index (χ0) is 15.3. The molecule has 0 amide bonds. The van der Waals surface area contributed by atoms with Crippen LogP contribution < -0.4 is 5.32 Å². The van der Waals surface area contributed by atoms with Crippen LogP contribution in [0.5, 0.6) is 0 Å². The van der Waals surface area contributed by atoms with Gasteiger partial charge in [0.25, 0.3) is 0 Å². The number of nitrogens with zero attached hydrogens (tertiary/aromatic N) is 2. The average Bonchev–Trinajstić information content (AvgIpc) is 2.46. The molecule has 1 N–H and O–H groups in total. The smallest absolute Gasteiger partial charge is 0.381 e. The first-order valence-electron chi connectivity index (χ1n) is 6.81. The highest BCUT2D eigenvalue weighted by molar-refractivity contribution is 8.00. The molecule has 0 aliphatic carbocycles. The molecule has 0 unspecified atom stereocenters. The van der Waals surface area contributed by atoms with Gasteiger partial charge in [0.05, 0.1) is 0 Å². The molecular formula is C13H18F3N3OS. The van der Waals surface area contributed by atoms with E-state index < -0.39 is 11.9 Å². The number of rotatable bonds is 5. The first kappa shape index (κ1) is 16.4. The van der Waals surface area contributed by atoms with Gasteiger partial charge in [-0.05, 0) is 24.7 Å². The molecule has 1 aromatic rings. The lowest BCUT2D eigenvalue weighted by molar-refractivity contribution is -0.141. The summed E-state index contributed by atoms with van der Waals surface area (Å²) in [5.41, 5.74) is -0.927. The molecule has 0 atom stereocenters. The summed E-state index contributed by atoms with van der Waals surface area (Å²) in [4.78, 5) is 7.40. The van der Waals surface area contributed by atoms with Crippen molar-refractivity contribution in [3.05, 3.63) is 18.0 Å². The Hall–Kier alpha value is -1.02. The van der Waals surface area contributed by atoms with Gasteiger partial charge in [-0.15, -0.1) is 0 Å². The topological polar surface area (TPSA) is 47.0 Å². The molecule has 0 radical (unpaired) electrons. The highest BCUT2D eigenvalue weighted by Crippen LogP contribution is 2.35. The summed E-state index contributed by atoms with van der Waals surface area (Å²) < 4.78 is 43.2. The van der Waals surface area contributed by atoms with E-state index in [1.807, 2.05) is 11.8 Å². The van der Waals surface area contributed by atoms with E-state index in [0.717, 1.165) is 30.9 Å². The second-order valence-electron chi connectivity index (χ2n) is 4.85. The molecule has 2 heterocycles. The summed E-state index contributed by atoms with van der Waals surface area (Å²) in [5, 5.41) is 2.95. The van der Waals surface area contributed by atoms with Crippen LogP contribution in [-0.4, -0.2) is 40.2 Å². The number of halogens is 3. The third-order valence-electron chi connectivity index (χ3n) is 3.37. The van der Waals surface area contributed by atoms with Crippen molar-refractivity contribution in [1.29, 1.82) is 0 Å². The highest BCUT2D eigenvalue weighted by Gasteiger charge is 2.34. The molecule has 1 saturated heterocycles. The summed E-state index contributed by atoms with van der Waals surface area (Å²) >= 11 is 1.81. The van der Waals surface area contributed by atoms with Crippen molar-refractivity contribution in [2.75, 3.05) is 30.8 Å². The summed E-state index contributed by atoms with van der Waals surface area (Å²) in [7, 11) is 0. The summed E-state index contributed by atoms with van der Waals surface area (Å²) in [6.45, 7) is 3.97. The van der Waals surface area contributed by atoms with Gasteiger partial charge >= 0.3 is 6.18 Å². The number of hydrogen-bond acceptors (Lipinski definition) is 5. The SMILES string of the molecule is CCSC1(CNc2nccc(C(F)(F)F)n2)CCOCC1. The van der Waals surface area contributed by atoms with Gasteiger partial charge in [-0.2, -0.15) is 24.9 Å². The van der Waals surface area contributed by atoms with Crippen LogP contribution in [0.1, 0.15) is 25.5 Å². The van der Waals surface area contributed by atoms with E-state index in [4.69, 9.17) is 4.74 Å². The van der Waals surface area contributed by atoms with E-state index in [1.165, 1.54) is 0 Å². The Morgan fingerprint density at radius 2 is 2.10 bits per heavy atom. The average molecular weight is 321 g/mol. The van der Waals surface area contributed by atoms with E-state index in [-0.39, 0.29) is 10.7 Å². The van der Waals surface area contributed by atoms with Crippen molar-refractivity contribution in [1.82, 2.24) is 9.97 Å². The van der Waals surface area contributed by atoms with Crippen LogP contribution in [0, 0.1) is 0 Å². The summed E-state index contributed by atoms with van der Waals surface area (Å²) in [6, 6.07) is 0.871. The normalized spacial score (nSPS) is 18.5. The number of anilines is 1. The van der Waals surface area contributed by atoms with Crippen LogP contribution in [0.2, 0.25) is 0 Å². The third kappa shape index (κ3) is 4.47. The molecule has 1 fully saturated rings. The maximum atomic E-state index is 12.6. The lowest BCUT2D eigenvalue weighted by atomic mass is 9.99. The van der Waals surface area contributed by atoms with Crippen LogP contribution in [0.4, 0.5) is 19.1 Å². The lowest BCUT2D eigenvalue weighted by Crippen LogP contribution is -2.40. The molecule has 1 aliphatic heterocycles. The van der Waals surface area contributed by atoms with Crippen molar-refractivity contribution in [2.45, 2.75) is 30.7 Å².